The number of hydrogen-bond donors (Lipinski definition) is 0. The Hall–Kier alpha value is -2.23. The molecule has 0 fully saturated rings. The van der Waals surface area contributed by atoms with Gasteiger partial charge in [-0.1, -0.05) is 18.2 Å². The zero-order chi connectivity index (χ0) is 16.5. The van der Waals surface area contributed by atoms with E-state index in [-0.39, 0.29) is 30.3 Å². The van der Waals surface area contributed by atoms with Crippen molar-refractivity contribution in [3.63, 3.8) is 0 Å². The van der Waals surface area contributed by atoms with E-state index in [4.69, 9.17) is 0 Å². The highest BCUT2D eigenvalue weighted by atomic mass is 16.2. The fraction of sp³-hybridized carbons (Fsp3) is 0.389. The predicted octanol–water partition coefficient (Wildman–Crippen LogP) is 2.92. The topological polar surface area (TPSA) is 54.5 Å². The summed E-state index contributed by atoms with van der Waals surface area (Å²) in [6, 6.07) is 9.53. The van der Waals surface area contributed by atoms with Gasteiger partial charge in [-0.2, -0.15) is 0 Å². The van der Waals surface area contributed by atoms with Gasteiger partial charge in [0.1, 0.15) is 17.0 Å². The van der Waals surface area contributed by atoms with Crippen molar-refractivity contribution in [1.82, 2.24) is 0 Å². The van der Waals surface area contributed by atoms with Gasteiger partial charge in [0.15, 0.2) is 5.78 Å². The van der Waals surface area contributed by atoms with Crippen LogP contribution in [0, 0.1) is 5.41 Å². The zero-order valence-electron chi connectivity index (χ0n) is 13.5. The van der Waals surface area contributed by atoms with Crippen LogP contribution in [-0.2, 0) is 14.4 Å². The molecule has 0 unspecified atom stereocenters. The summed E-state index contributed by atoms with van der Waals surface area (Å²) in [7, 11) is 0. The molecule has 1 aromatic rings. The summed E-state index contributed by atoms with van der Waals surface area (Å²) in [5.41, 5.74) is 1.11. The number of allylic oxidation sites excluding steroid dienone is 2. The Bertz CT molecular complexity index is 644. The standard InChI is InChI=1S/C18H21NO3/c1-12-17(13(2)20)10-18(14(3)21,15(4)22)11-19(12)16-8-6-5-7-9-16/h5-9H,10-11H2,1-4H3. The molecule has 0 atom stereocenters. The maximum atomic E-state index is 12.2. The lowest BCUT2D eigenvalue weighted by Crippen LogP contribution is -2.50. The molecule has 2 rings (SSSR count). The molecular weight excluding hydrogens is 278 g/mol. The molecule has 0 spiro atoms. The Morgan fingerprint density at radius 1 is 1.00 bits per heavy atom. The van der Waals surface area contributed by atoms with Gasteiger partial charge in [0, 0.05) is 23.5 Å². The highest BCUT2D eigenvalue weighted by Gasteiger charge is 2.47. The fourth-order valence-electron chi connectivity index (χ4n) is 3.03. The molecule has 22 heavy (non-hydrogen) atoms. The third-order valence-corrected chi connectivity index (χ3v) is 4.59. The van der Waals surface area contributed by atoms with Crippen LogP contribution in [0.1, 0.15) is 34.1 Å². The third-order valence-electron chi connectivity index (χ3n) is 4.59. The largest absolute Gasteiger partial charge is 0.344 e. The van der Waals surface area contributed by atoms with E-state index in [1.165, 1.54) is 20.8 Å². The van der Waals surface area contributed by atoms with E-state index in [1.807, 2.05) is 42.2 Å². The Morgan fingerprint density at radius 3 is 2.00 bits per heavy atom. The van der Waals surface area contributed by atoms with E-state index in [1.54, 1.807) is 0 Å². The molecule has 1 aliphatic heterocycles. The number of hydrogen-bond acceptors (Lipinski definition) is 4. The quantitative estimate of drug-likeness (QED) is 0.802. The lowest BCUT2D eigenvalue weighted by atomic mass is 9.71. The van der Waals surface area contributed by atoms with Crippen molar-refractivity contribution in [2.75, 3.05) is 11.4 Å². The van der Waals surface area contributed by atoms with Crippen molar-refractivity contribution in [1.29, 1.82) is 0 Å². The van der Waals surface area contributed by atoms with E-state index >= 15 is 0 Å². The van der Waals surface area contributed by atoms with Crippen LogP contribution in [-0.4, -0.2) is 23.9 Å². The van der Waals surface area contributed by atoms with Crippen LogP contribution in [0.5, 0.6) is 0 Å². The maximum Gasteiger partial charge on any atom is 0.157 e. The van der Waals surface area contributed by atoms with Gasteiger partial charge < -0.3 is 4.90 Å². The molecule has 4 heteroatoms. The summed E-state index contributed by atoms with van der Waals surface area (Å²) in [6.07, 6.45) is 0.197. The van der Waals surface area contributed by atoms with Crippen LogP contribution in [0.4, 0.5) is 5.69 Å². The number of Topliss-reactive ketones (excluding diaryl/α,β-unsaturated/α-hetero) is 3. The van der Waals surface area contributed by atoms with Crippen LogP contribution < -0.4 is 4.90 Å². The number of para-hydroxylation sites is 1. The number of carbonyl (C=O) groups is 3. The molecular formula is C18H21NO3. The zero-order valence-corrected chi connectivity index (χ0v) is 13.5. The van der Waals surface area contributed by atoms with Crippen LogP contribution in [0.2, 0.25) is 0 Å². The molecule has 0 aromatic heterocycles. The van der Waals surface area contributed by atoms with Crippen molar-refractivity contribution >= 4 is 23.0 Å². The van der Waals surface area contributed by atoms with Gasteiger partial charge in [-0.3, -0.25) is 14.4 Å². The smallest absolute Gasteiger partial charge is 0.157 e. The third kappa shape index (κ3) is 2.61. The normalized spacial score (nSPS) is 17.4. The molecule has 1 heterocycles. The fourth-order valence-corrected chi connectivity index (χ4v) is 3.03. The molecule has 0 N–H and O–H groups in total. The van der Waals surface area contributed by atoms with Gasteiger partial charge in [-0.25, -0.2) is 0 Å². The minimum Gasteiger partial charge on any atom is -0.344 e. The maximum absolute atomic E-state index is 12.2. The molecule has 0 bridgehead atoms. The SMILES string of the molecule is CC(=O)C1=C(C)N(c2ccccc2)CC(C(C)=O)(C(C)=O)C1. The van der Waals surface area contributed by atoms with Crippen molar-refractivity contribution in [2.24, 2.45) is 5.41 Å². The lowest BCUT2D eigenvalue weighted by Gasteiger charge is -2.42. The molecule has 0 amide bonds. The molecule has 116 valence electrons. The first-order valence-corrected chi connectivity index (χ1v) is 7.35. The Balaban J connectivity index is 2.62. The predicted molar refractivity (Wildman–Crippen MR) is 85.6 cm³/mol. The van der Waals surface area contributed by atoms with E-state index in [9.17, 15) is 14.4 Å². The number of rotatable bonds is 4. The van der Waals surface area contributed by atoms with E-state index in [0.29, 0.717) is 5.57 Å². The van der Waals surface area contributed by atoms with Gasteiger partial charge >= 0.3 is 0 Å². The summed E-state index contributed by atoms with van der Waals surface area (Å²) in [6.45, 7) is 6.50. The minimum absolute atomic E-state index is 0.0926. The molecule has 0 saturated carbocycles. The first-order valence-electron chi connectivity index (χ1n) is 7.35. The molecule has 1 aromatic carbocycles. The molecule has 4 nitrogen and oxygen atoms in total. The molecule has 0 radical (unpaired) electrons. The highest BCUT2D eigenvalue weighted by molar-refractivity contribution is 6.08. The minimum atomic E-state index is -1.14. The molecule has 0 aliphatic carbocycles. The first-order chi connectivity index (χ1) is 10.3. The number of anilines is 1. The van der Waals surface area contributed by atoms with E-state index in [2.05, 4.69) is 0 Å². The average Bonchev–Trinajstić information content (AvgIpc) is 2.47. The van der Waals surface area contributed by atoms with Gasteiger partial charge in [0.25, 0.3) is 0 Å². The summed E-state index contributed by atoms with van der Waals surface area (Å²) in [4.78, 5) is 38.4. The number of carbonyl (C=O) groups excluding carboxylic acids is 3. The lowest BCUT2D eigenvalue weighted by molar-refractivity contribution is -0.138. The monoisotopic (exact) mass is 299 g/mol. The van der Waals surface area contributed by atoms with Gasteiger partial charge in [0.05, 0.1) is 0 Å². The van der Waals surface area contributed by atoms with E-state index in [0.717, 1.165) is 11.4 Å². The Kier molecular flexibility index (Phi) is 4.31. The van der Waals surface area contributed by atoms with Crippen LogP contribution in [0.25, 0.3) is 0 Å². The summed E-state index contributed by atoms with van der Waals surface area (Å²) < 4.78 is 0. The second-order valence-corrected chi connectivity index (χ2v) is 5.91. The van der Waals surface area contributed by atoms with Gasteiger partial charge in [0.2, 0.25) is 0 Å². The Labute approximate surface area is 130 Å². The van der Waals surface area contributed by atoms with Crippen molar-refractivity contribution in [3.05, 3.63) is 41.6 Å². The van der Waals surface area contributed by atoms with E-state index < -0.39 is 5.41 Å². The Morgan fingerprint density at radius 2 is 1.55 bits per heavy atom. The summed E-state index contributed by atoms with van der Waals surface area (Å²) in [5.74, 6) is -0.468. The summed E-state index contributed by atoms with van der Waals surface area (Å²) >= 11 is 0. The number of nitrogens with zero attached hydrogens (tertiary/aromatic N) is 1. The van der Waals surface area contributed by atoms with Crippen molar-refractivity contribution < 1.29 is 14.4 Å². The van der Waals surface area contributed by atoms with Crippen molar-refractivity contribution in [3.8, 4) is 0 Å². The molecule has 1 aliphatic rings. The van der Waals surface area contributed by atoms with Crippen LogP contribution in [0.3, 0.4) is 0 Å². The van der Waals surface area contributed by atoms with Crippen LogP contribution >= 0.6 is 0 Å². The first kappa shape index (κ1) is 16.1. The van der Waals surface area contributed by atoms with Gasteiger partial charge in [-0.05, 0) is 46.2 Å². The van der Waals surface area contributed by atoms with Crippen molar-refractivity contribution in [2.45, 2.75) is 34.1 Å². The second kappa shape index (κ2) is 5.87. The van der Waals surface area contributed by atoms with Gasteiger partial charge in [-0.15, -0.1) is 0 Å². The van der Waals surface area contributed by atoms with Crippen LogP contribution in [0.15, 0.2) is 41.6 Å². The number of ketones is 3. The summed E-state index contributed by atoms with van der Waals surface area (Å²) in [5, 5.41) is 0. The number of benzene rings is 1. The molecule has 0 saturated heterocycles. The second-order valence-electron chi connectivity index (χ2n) is 5.91. The highest BCUT2D eigenvalue weighted by Crippen LogP contribution is 2.39. The average molecular weight is 299 g/mol.